The highest BCUT2D eigenvalue weighted by molar-refractivity contribution is 7.89. The van der Waals surface area contributed by atoms with Crippen molar-refractivity contribution in [2.24, 2.45) is 5.73 Å². The molecule has 2 aromatic rings. The van der Waals surface area contributed by atoms with E-state index < -0.39 is 15.6 Å². The molecule has 7 nitrogen and oxygen atoms in total. The third-order valence-corrected chi connectivity index (χ3v) is 6.97. The highest BCUT2D eigenvalue weighted by Crippen LogP contribution is 2.35. The summed E-state index contributed by atoms with van der Waals surface area (Å²) in [6, 6.07) is 6.61. The average molecular weight is 429 g/mol. The van der Waals surface area contributed by atoms with Crippen LogP contribution in [-0.2, 0) is 15.6 Å². The van der Waals surface area contributed by atoms with Crippen molar-refractivity contribution < 1.29 is 12.9 Å². The minimum Gasteiger partial charge on any atom is -0.334 e. The van der Waals surface area contributed by atoms with E-state index in [2.05, 4.69) is 10.1 Å². The molecule has 0 unspecified atom stereocenters. The SMILES string of the molecule is CCCN(CCC)S(=O)(=O)c1ccc(-c2nc(C3(N)CCCC3)no2)cc1.Cl. The molecule has 1 heterocycles. The van der Waals surface area contributed by atoms with E-state index in [1.807, 2.05) is 13.8 Å². The Kier molecular flexibility index (Phi) is 7.61. The van der Waals surface area contributed by atoms with Gasteiger partial charge in [-0.15, -0.1) is 12.4 Å². The van der Waals surface area contributed by atoms with Crippen LogP contribution in [0.2, 0.25) is 0 Å². The molecule has 0 radical (unpaired) electrons. The van der Waals surface area contributed by atoms with Crippen molar-refractivity contribution in [1.29, 1.82) is 0 Å². The Hall–Kier alpha value is -1.48. The predicted octanol–water partition coefficient (Wildman–Crippen LogP) is 3.70. The fourth-order valence-electron chi connectivity index (χ4n) is 3.54. The van der Waals surface area contributed by atoms with Gasteiger partial charge in [0.1, 0.15) is 0 Å². The van der Waals surface area contributed by atoms with Gasteiger partial charge in [-0.3, -0.25) is 0 Å². The molecule has 1 fully saturated rings. The van der Waals surface area contributed by atoms with Crippen LogP contribution in [-0.4, -0.2) is 36.0 Å². The first kappa shape index (κ1) is 22.8. The number of nitrogens with two attached hydrogens (primary N) is 1. The first-order valence-corrected chi connectivity index (χ1v) is 11.1. The maximum absolute atomic E-state index is 12.8. The summed E-state index contributed by atoms with van der Waals surface area (Å²) in [6.45, 7) is 4.99. The third kappa shape index (κ3) is 4.56. The smallest absolute Gasteiger partial charge is 0.257 e. The molecule has 0 spiro atoms. The van der Waals surface area contributed by atoms with Crippen molar-refractivity contribution in [2.75, 3.05) is 13.1 Å². The zero-order valence-electron chi connectivity index (χ0n) is 16.4. The first-order valence-electron chi connectivity index (χ1n) is 9.64. The largest absolute Gasteiger partial charge is 0.334 e. The number of hydrogen-bond donors (Lipinski definition) is 1. The lowest BCUT2D eigenvalue weighted by Gasteiger charge is -2.21. The maximum atomic E-state index is 12.8. The Labute approximate surface area is 173 Å². The quantitative estimate of drug-likeness (QED) is 0.687. The van der Waals surface area contributed by atoms with Crippen LogP contribution in [0, 0.1) is 0 Å². The molecule has 156 valence electrons. The van der Waals surface area contributed by atoms with Crippen LogP contribution in [0.4, 0.5) is 0 Å². The number of benzene rings is 1. The van der Waals surface area contributed by atoms with Crippen molar-refractivity contribution in [3.8, 4) is 11.5 Å². The van der Waals surface area contributed by atoms with E-state index in [4.69, 9.17) is 10.3 Å². The van der Waals surface area contributed by atoms with Crippen molar-refractivity contribution in [3.63, 3.8) is 0 Å². The molecule has 1 aliphatic rings. The molecule has 1 saturated carbocycles. The summed E-state index contributed by atoms with van der Waals surface area (Å²) in [4.78, 5) is 4.73. The second-order valence-corrected chi connectivity index (χ2v) is 9.15. The van der Waals surface area contributed by atoms with E-state index in [0.29, 0.717) is 30.4 Å². The van der Waals surface area contributed by atoms with Gasteiger partial charge in [-0.05, 0) is 49.9 Å². The fraction of sp³-hybridized carbons (Fsp3) is 0.579. The number of hydrogen-bond acceptors (Lipinski definition) is 6. The van der Waals surface area contributed by atoms with Crippen LogP contribution in [0.1, 0.15) is 58.2 Å². The zero-order valence-corrected chi connectivity index (χ0v) is 18.1. The Morgan fingerprint density at radius 3 is 2.21 bits per heavy atom. The first-order chi connectivity index (χ1) is 12.9. The van der Waals surface area contributed by atoms with E-state index in [1.165, 1.54) is 4.31 Å². The molecule has 0 bridgehead atoms. The van der Waals surface area contributed by atoms with Gasteiger partial charge in [0.15, 0.2) is 5.82 Å². The second-order valence-electron chi connectivity index (χ2n) is 7.21. The van der Waals surface area contributed by atoms with Crippen LogP contribution < -0.4 is 5.73 Å². The van der Waals surface area contributed by atoms with Crippen molar-refractivity contribution >= 4 is 22.4 Å². The maximum Gasteiger partial charge on any atom is 0.257 e. The molecule has 1 aromatic carbocycles. The molecule has 1 aromatic heterocycles. The van der Waals surface area contributed by atoms with Crippen LogP contribution in [0.25, 0.3) is 11.5 Å². The minimum atomic E-state index is -3.50. The summed E-state index contributed by atoms with van der Waals surface area (Å²) >= 11 is 0. The Morgan fingerprint density at radius 2 is 1.68 bits per heavy atom. The van der Waals surface area contributed by atoms with Crippen molar-refractivity contribution in [1.82, 2.24) is 14.4 Å². The van der Waals surface area contributed by atoms with Gasteiger partial charge in [-0.1, -0.05) is 31.8 Å². The molecular weight excluding hydrogens is 400 g/mol. The highest BCUT2D eigenvalue weighted by Gasteiger charge is 2.36. The number of nitrogens with zero attached hydrogens (tertiary/aromatic N) is 3. The number of rotatable bonds is 8. The van der Waals surface area contributed by atoms with Crippen LogP contribution in [0.15, 0.2) is 33.7 Å². The standard InChI is InChI=1S/C19H28N4O3S.ClH/c1-3-13-23(14-4-2)27(24,25)16-9-7-15(8-10-16)17-21-18(22-26-17)19(20)11-5-6-12-19;/h7-10H,3-6,11-14,20H2,1-2H3;1H. The molecule has 0 atom stereocenters. The molecule has 9 heteroatoms. The lowest BCUT2D eigenvalue weighted by Crippen LogP contribution is -2.34. The second kappa shape index (κ2) is 9.35. The molecule has 0 saturated heterocycles. The predicted molar refractivity (Wildman–Crippen MR) is 111 cm³/mol. The lowest BCUT2D eigenvalue weighted by atomic mass is 9.99. The fourth-order valence-corrected chi connectivity index (χ4v) is 5.17. The molecule has 0 aliphatic heterocycles. The molecule has 1 aliphatic carbocycles. The number of halogens is 1. The molecular formula is C19H29ClN4O3S. The van der Waals surface area contributed by atoms with E-state index in [1.54, 1.807) is 24.3 Å². The van der Waals surface area contributed by atoms with Gasteiger partial charge in [0.2, 0.25) is 10.0 Å². The van der Waals surface area contributed by atoms with Crippen LogP contribution >= 0.6 is 12.4 Å². The van der Waals surface area contributed by atoms with Gasteiger partial charge in [-0.25, -0.2) is 8.42 Å². The highest BCUT2D eigenvalue weighted by atomic mass is 35.5. The summed E-state index contributed by atoms with van der Waals surface area (Å²) < 4.78 is 32.6. The summed E-state index contributed by atoms with van der Waals surface area (Å²) in [5, 5.41) is 4.06. The molecule has 3 rings (SSSR count). The lowest BCUT2D eigenvalue weighted by molar-refractivity contribution is 0.372. The van der Waals surface area contributed by atoms with Crippen molar-refractivity contribution in [2.45, 2.75) is 62.8 Å². The van der Waals surface area contributed by atoms with Crippen molar-refractivity contribution in [3.05, 3.63) is 30.1 Å². The zero-order chi connectivity index (χ0) is 19.5. The van der Waals surface area contributed by atoms with Gasteiger partial charge in [0.05, 0.1) is 10.4 Å². The topological polar surface area (TPSA) is 102 Å². The summed E-state index contributed by atoms with van der Waals surface area (Å²) in [7, 11) is -3.50. The summed E-state index contributed by atoms with van der Waals surface area (Å²) in [5.41, 5.74) is 6.55. The van der Waals surface area contributed by atoms with E-state index in [-0.39, 0.29) is 17.3 Å². The number of aromatic nitrogens is 2. The van der Waals surface area contributed by atoms with E-state index in [0.717, 1.165) is 38.5 Å². The molecule has 2 N–H and O–H groups in total. The van der Waals surface area contributed by atoms with Gasteiger partial charge in [0.25, 0.3) is 5.89 Å². The summed E-state index contributed by atoms with van der Waals surface area (Å²) in [6.07, 6.45) is 5.41. The molecule has 0 amide bonds. The third-order valence-electron chi connectivity index (χ3n) is 5.05. The van der Waals surface area contributed by atoms with E-state index >= 15 is 0 Å². The minimum absolute atomic E-state index is 0. The van der Waals surface area contributed by atoms with Gasteiger partial charge >= 0.3 is 0 Å². The van der Waals surface area contributed by atoms with Gasteiger partial charge < -0.3 is 10.3 Å². The Bertz CT molecular complexity index is 856. The van der Waals surface area contributed by atoms with Crippen LogP contribution in [0.3, 0.4) is 0 Å². The molecule has 28 heavy (non-hydrogen) atoms. The Balaban J connectivity index is 0.00000280. The van der Waals surface area contributed by atoms with Gasteiger partial charge in [0, 0.05) is 18.7 Å². The average Bonchev–Trinajstić information content (AvgIpc) is 3.32. The van der Waals surface area contributed by atoms with Crippen LogP contribution in [0.5, 0.6) is 0 Å². The normalized spacial score (nSPS) is 16.3. The summed E-state index contributed by atoms with van der Waals surface area (Å²) in [5.74, 6) is 0.897. The number of sulfonamides is 1. The monoisotopic (exact) mass is 428 g/mol. The Morgan fingerprint density at radius 1 is 1.11 bits per heavy atom. The van der Waals surface area contributed by atoms with E-state index in [9.17, 15) is 8.42 Å². The van der Waals surface area contributed by atoms with Gasteiger partial charge in [-0.2, -0.15) is 9.29 Å².